The van der Waals surface area contributed by atoms with Crippen LogP contribution in [0.4, 0.5) is 0 Å². The lowest BCUT2D eigenvalue weighted by Gasteiger charge is -2.34. The molecule has 3 rings (SSSR count). The van der Waals surface area contributed by atoms with E-state index in [4.69, 9.17) is 12.2 Å². The van der Waals surface area contributed by atoms with Crippen LogP contribution in [-0.2, 0) is 0 Å². The second-order valence-electron chi connectivity index (χ2n) is 4.39. The van der Waals surface area contributed by atoms with Crippen LogP contribution in [-0.4, -0.2) is 52.8 Å². The Hall–Kier alpha value is -1.40. The summed E-state index contributed by atoms with van der Waals surface area (Å²) >= 11 is 5.39. The van der Waals surface area contributed by atoms with Gasteiger partial charge in [0.05, 0.1) is 17.2 Å². The fourth-order valence-electron chi connectivity index (χ4n) is 2.22. The lowest BCUT2D eigenvalue weighted by atomic mass is 10.4. The first kappa shape index (κ1) is 10.7. The molecule has 2 aromatic rings. The second kappa shape index (κ2) is 4.12. The van der Waals surface area contributed by atoms with Crippen LogP contribution >= 0.6 is 12.2 Å². The highest BCUT2D eigenvalue weighted by atomic mass is 32.1. The van der Waals surface area contributed by atoms with Crippen molar-refractivity contribution < 1.29 is 0 Å². The number of aromatic nitrogens is 3. The third-order valence-corrected chi connectivity index (χ3v) is 3.50. The summed E-state index contributed by atoms with van der Waals surface area (Å²) in [5.41, 5.74) is 2.10. The molecule has 5 nitrogen and oxygen atoms in total. The van der Waals surface area contributed by atoms with Gasteiger partial charge < -0.3 is 14.9 Å². The number of imidazole rings is 1. The fraction of sp³-hybridized carbons (Fsp3) is 0.455. The Morgan fingerprint density at radius 3 is 2.82 bits per heavy atom. The lowest BCUT2D eigenvalue weighted by molar-refractivity contribution is 0.288. The van der Waals surface area contributed by atoms with Gasteiger partial charge in [-0.25, -0.2) is 4.68 Å². The maximum absolute atomic E-state index is 5.39. The molecule has 0 aromatic carbocycles. The summed E-state index contributed by atoms with van der Waals surface area (Å²) in [4.78, 5) is 9.63. The highest BCUT2D eigenvalue weighted by molar-refractivity contribution is 7.71. The molecule has 2 aromatic heterocycles. The first-order chi connectivity index (χ1) is 8.25. The Morgan fingerprint density at radius 1 is 1.29 bits per heavy atom. The van der Waals surface area contributed by atoms with Crippen molar-refractivity contribution in [1.82, 2.24) is 19.5 Å². The van der Waals surface area contributed by atoms with E-state index >= 15 is 0 Å². The van der Waals surface area contributed by atoms with Gasteiger partial charge >= 0.3 is 0 Å². The highest BCUT2D eigenvalue weighted by Gasteiger charge is 2.16. The second-order valence-corrected chi connectivity index (χ2v) is 4.78. The maximum Gasteiger partial charge on any atom is 0.197 e. The molecule has 90 valence electrons. The number of rotatable bonds is 1. The third kappa shape index (κ3) is 1.83. The molecule has 1 saturated heterocycles. The van der Waals surface area contributed by atoms with E-state index in [1.54, 1.807) is 6.20 Å². The molecule has 0 aliphatic carbocycles. The van der Waals surface area contributed by atoms with Gasteiger partial charge in [0.2, 0.25) is 0 Å². The average molecular weight is 249 g/mol. The number of hydrogen-bond acceptors (Lipinski definition) is 4. The zero-order valence-corrected chi connectivity index (χ0v) is 10.6. The zero-order chi connectivity index (χ0) is 11.8. The molecule has 0 amide bonds. The third-order valence-electron chi connectivity index (χ3n) is 3.22. The predicted molar refractivity (Wildman–Crippen MR) is 70.4 cm³/mol. The molecule has 0 unspecified atom stereocenters. The number of nitrogens with zero attached hydrogens (tertiary/aromatic N) is 4. The smallest absolute Gasteiger partial charge is 0.197 e. The minimum absolute atomic E-state index is 0.748. The van der Waals surface area contributed by atoms with Crippen molar-refractivity contribution in [3.63, 3.8) is 0 Å². The molecule has 0 atom stereocenters. The Kier molecular flexibility index (Phi) is 2.60. The number of piperazine rings is 1. The Balaban J connectivity index is 2.05. The van der Waals surface area contributed by atoms with Gasteiger partial charge in [-0.1, -0.05) is 0 Å². The van der Waals surface area contributed by atoms with Crippen LogP contribution in [0, 0.1) is 4.77 Å². The first-order valence-electron chi connectivity index (χ1n) is 5.74. The number of fused-ring (bicyclic) bond motifs is 1. The van der Waals surface area contributed by atoms with Crippen LogP contribution in [0.5, 0.6) is 0 Å². The first-order valence-corrected chi connectivity index (χ1v) is 6.15. The van der Waals surface area contributed by atoms with Gasteiger partial charge in [0.1, 0.15) is 0 Å². The molecule has 1 fully saturated rings. The topological polar surface area (TPSA) is 40.1 Å². The summed E-state index contributed by atoms with van der Waals surface area (Å²) in [6.45, 7) is 4.14. The SMILES string of the molecule is CN1CCN(n2c(=S)[nH]c3cnccc32)CC1. The molecule has 17 heavy (non-hydrogen) atoms. The van der Waals surface area contributed by atoms with E-state index in [2.05, 4.69) is 31.6 Å². The number of likely N-dealkylation sites (N-methyl/N-ethyl adjacent to an activating group) is 1. The largest absolute Gasteiger partial charge is 0.328 e. The van der Waals surface area contributed by atoms with Crippen molar-refractivity contribution in [1.29, 1.82) is 0 Å². The molecule has 6 heteroatoms. The molecule has 0 radical (unpaired) electrons. The van der Waals surface area contributed by atoms with Crippen molar-refractivity contribution in [2.45, 2.75) is 0 Å². The minimum Gasteiger partial charge on any atom is -0.328 e. The number of aromatic amines is 1. The Labute approximate surface area is 105 Å². The van der Waals surface area contributed by atoms with E-state index in [1.807, 2.05) is 12.3 Å². The average Bonchev–Trinajstić information content (AvgIpc) is 2.66. The van der Waals surface area contributed by atoms with Gasteiger partial charge in [0.15, 0.2) is 4.77 Å². The van der Waals surface area contributed by atoms with E-state index in [0.29, 0.717) is 0 Å². The zero-order valence-electron chi connectivity index (χ0n) is 9.76. The molecule has 0 spiro atoms. The summed E-state index contributed by atoms with van der Waals surface area (Å²) in [6, 6.07) is 2.00. The van der Waals surface area contributed by atoms with Crippen LogP contribution in [0.1, 0.15) is 0 Å². The normalized spacial score (nSPS) is 17.8. The van der Waals surface area contributed by atoms with E-state index in [1.165, 1.54) is 0 Å². The number of nitrogens with one attached hydrogen (secondary N) is 1. The molecule has 1 aliphatic rings. The van der Waals surface area contributed by atoms with E-state index in [0.717, 1.165) is 42.0 Å². The van der Waals surface area contributed by atoms with Gasteiger partial charge in [-0.3, -0.25) is 4.98 Å². The molecule has 0 saturated carbocycles. The van der Waals surface area contributed by atoms with Crippen molar-refractivity contribution in [2.24, 2.45) is 0 Å². The summed E-state index contributed by atoms with van der Waals surface area (Å²) in [7, 11) is 2.15. The number of pyridine rings is 1. The van der Waals surface area contributed by atoms with E-state index < -0.39 is 0 Å². The highest BCUT2D eigenvalue weighted by Crippen LogP contribution is 2.13. The summed E-state index contributed by atoms with van der Waals surface area (Å²) in [5.74, 6) is 0. The Morgan fingerprint density at radius 2 is 2.06 bits per heavy atom. The quantitative estimate of drug-likeness (QED) is 0.765. The maximum atomic E-state index is 5.39. The molecule has 0 bridgehead atoms. The monoisotopic (exact) mass is 249 g/mol. The van der Waals surface area contributed by atoms with Crippen molar-refractivity contribution in [3.8, 4) is 0 Å². The van der Waals surface area contributed by atoms with Gasteiger partial charge in [0, 0.05) is 32.4 Å². The van der Waals surface area contributed by atoms with Crippen molar-refractivity contribution in [2.75, 3.05) is 38.2 Å². The van der Waals surface area contributed by atoms with Crippen LogP contribution in [0.3, 0.4) is 0 Å². The number of hydrogen-bond donors (Lipinski definition) is 1. The van der Waals surface area contributed by atoms with Crippen LogP contribution in [0.25, 0.3) is 11.0 Å². The summed E-state index contributed by atoms with van der Waals surface area (Å²) in [5, 5.41) is 2.29. The molecular formula is C11H15N5S. The predicted octanol–water partition coefficient (Wildman–Crippen LogP) is 0.977. The van der Waals surface area contributed by atoms with Crippen molar-refractivity contribution in [3.05, 3.63) is 23.2 Å². The molecule has 1 N–H and O–H groups in total. The van der Waals surface area contributed by atoms with Crippen LogP contribution in [0.15, 0.2) is 18.5 Å². The van der Waals surface area contributed by atoms with E-state index in [9.17, 15) is 0 Å². The van der Waals surface area contributed by atoms with E-state index in [-0.39, 0.29) is 0 Å². The molecular weight excluding hydrogens is 234 g/mol. The Bertz CT molecular complexity index is 579. The van der Waals surface area contributed by atoms with Gasteiger partial charge in [-0.2, -0.15) is 0 Å². The lowest BCUT2D eigenvalue weighted by Crippen LogP contribution is -2.49. The van der Waals surface area contributed by atoms with Crippen LogP contribution < -0.4 is 5.01 Å². The molecule has 1 aliphatic heterocycles. The molecule has 3 heterocycles. The van der Waals surface area contributed by atoms with Crippen LogP contribution in [0.2, 0.25) is 0 Å². The van der Waals surface area contributed by atoms with Crippen molar-refractivity contribution >= 4 is 23.3 Å². The summed E-state index contributed by atoms with van der Waals surface area (Å²) < 4.78 is 2.84. The van der Waals surface area contributed by atoms with Gasteiger partial charge in [0.25, 0.3) is 0 Å². The fourth-order valence-corrected chi connectivity index (χ4v) is 2.55. The van der Waals surface area contributed by atoms with Gasteiger partial charge in [-0.15, -0.1) is 0 Å². The van der Waals surface area contributed by atoms with Gasteiger partial charge in [-0.05, 0) is 25.3 Å². The summed E-state index contributed by atoms with van der Waals surface area (Å²) in [6.07, 6.45) is 3.62. The minimum atomic E-state index is 0.748. The number of H-pyrrole nitrogens is 1. The standard InChI is InChI=1S/C11H15N5S/c1-14-4-6-15(7-5-14)16-10-2-3-12-8-9(10)13-11(16)17/h2-3,8H,4-7H2,1H3,(H,13,17).